The van der Waals surface area contributed by atoms with Gasteiger partial charge in [0.1, 0.15) is 0 Å². The molecular weight excluding hydrogens is 372 g/mol. The zero-order valence-electron chi connectivity index (χ0n) is 15.7. The van der Waals surface area contributed by atoms with Gasteiger partial charge in [0.15, 0.2) is 0 Å². The molecule has 0 saturated carbocycles. The van der Waals surface area contributed by atoms with Crippen molar-refractivity contribution in [1.82, 2.24) is 5.32 Å². The number of sulfonamides is 1. The van der Waals surface area contributed by atoms with E-state index >= 15 is 0 Å². The molecule has 0 bridgehead atoms. The van der Waals surface area contributed by atoms with E-state index in [0.29, 0.717) is 11.3 Å². The van der Waals surface area contributed by atoms with Gasteiger partial charge in [0, 0.05) is 11.3 Å². The van der Waals surface area contributed by atoms with Gasteiger partial charge in [-0.05, 0) is 61.4 Å². The number of amides is 1. The van der Waals surface area contributed by atoms with E-state index in [1.807, 2.05) is 44.2 Å². The first-order chi connectivity index (χ1) is 13.4. The molecular formula is C22H22N2O3S. The highest BCUT2D eigenvalue weighted by Gasteiger charge is 2.16. The van der Waals surface area contributed by atoms with Crippen LogP contribution in [0.5, 0.6) is 0 Å². The Morgan fingerprint density at radius 2 is 1.46 bits per heavy atom. The minimum atomic E-state index is -3.71. The van der Waals surface area contributed by atoms with Crippen LogP contribution in [0.25, 0.3) is 0 Å². The van der Waals surface area contributed by atoms with Gasteiger partial charge in [-0.1, -0.05) is 42.5 Å². The molecule has 0 saturated heterocycles. The molecule has 3 rings (SSSR count). The van der Waals surface area contributed by atoms with Crippen molar-refractivity contribution >= 4 is 21.6 Å². The van der Waals surface area contributed by atoms with Crippen LogP contribution in [0.3, 0.4) is 0 Å². The Bertz CT molecular complexity index is 1060. The van der Waals surface area contributed by atoms with E-state index in [2.05, 4.69) is 10.0 Å². The minimum absolute atomic E-state index is 0.0971. The fourth-order valence-corrected chi connectivity index (χ4v) is 3.99. The second kappa shape index (κ2) is 8.27. The third kappa shape index (κ3) is 4.58. The molecule has 0 aliphatic heterocycles. The average molecular weight is 394 g/mol. The molecule has 3 aromatic carbocycles. The van der Waals surface area contributed by atoms with E-state index < -0.39 is 10.0 Å². The summed E-state index contributed by atoms with van der Waals surface area (Å²) in [6.07, 6.45) is 0. The number of nitrogens with one attached hydrogen (secondary N) is 2. The van der Waals surface area contributed by atoms with Crippen LogP contribution < -0.4 is 10.0 Å². The van der Waals surface area contributed by atoms with Crippen LogP contribution in [-0.4, -0.2) is 14.3 Å². The largest absolute Gasteiger partial charge is 0.346 e. The van der Waals surface area contributed by atoms with Crippen molar-refractivity contribution in [1.29, 1.82) is 0 Å². The van der Waals surface area contributed by atoms with Gasteiger partial charge in [-0.3, -0.25) is 9.52 Å². The lowest BCUT2D eigenvalue weighted by molar-refractivity contribution is 0.0939. The number of carbonyl (C=O) groups excluding carboxylic acids is 1. The number of para-hydroxylation sites is 1. The molecule has 1 unspecified atom stereocenters. The number of hydrogen-bond acceptors (Lipinski definition) is 3. The van der Waals surface area contributed by atoms with Crippen LogP contribution in [-0.2, 0) is 10.0 Å². The summed E-state index contributed by atoms with van der Waals surface area (Å²) in [6, 6.07) is 22.2. The van der Waals surface area contributed by atoms with Crippen LogP contribution >= 0.6 is 0 Å². The Labute approximate surface area is 165 Å². The SMILES string of the molecule is Cc1ccccc1C(C)NC(=O)c1ccc(S(=O)(=O)Nc2ccccc2)cc1. The van der Waals surface area contributed by atoms with E-state index in [-0.39, 0.29) is 16.8 Å². The molecule has 6 heteroatoms. The summed E-state index contributed by atoms with van der Waals surface area (Å²) >= 11 is 0. The lowest BCUT2D eigenvalue weighted by atomic mass is 10.0. The average Bonchev–Trinajstić information content (AvgIpc) is 2.69. The third-order valence-corrected chi connectivity index (χ3v) is 5.85. The Morgan fingerprint density at radius 3 is 2.11 bits per heavy atom. The summed E-state index contributed by atoms with van der Waals surface area (Å²) < 4.78 is 27.5. The van der Waals surface area contributed by atoms with Crippen molar-refractivity contribution in [2.45, 2.75) is 24.8 Å². The fraction of sp³-hybridized carbons (Fsp3) is 0.136. The van der Waals surface area contributed by atoms with Crippen molar-refractivity contribution < 1.29 is 13.2 Å². The Morgan fingerprint density at radius 1 is 0.857 bits per heavy atom. The molecule has 2 N–H and O–H groups in total. The molecule has 0 heterocycles. The molecule has 3 aromatic rings. The van der Waals surface area contributed by atoms with Crippen LogP contribution in [0, 0.1) is 6.92 Å². The fourth-order valence-electron chi connectivity index (χ4n) is 2.94. The number of anilines is 1. The number of benzene rings is 3. The highest BCUT2D eigenvalue weighted by molar-refractivity contribution is 7.92. The predicted molar refractivity (Wildman–Crippen MR) is 111 cm³/mol. The van der Waals surface area contributed by atoms with E-state index in [0.717, 1.165) is 11.1 Å². The van der Waals surface area contributed by atoms with E-state index in [1.165, 1.54) is 24.3 Å². The summed E-state index contributed by atoms with van der Waals surface area (Å²) in [4.78, 5) is 12.6. The second-order valence-corrected chi connectivity index (χ2v) is 8.23. The van der Waals surface area contributed by atoms with E-state index in [9.17, 15) is 13.2 Å². The number of aryl methyl sites for hydroxylation is 1. The molecule has 1 atom stereocenters. The smallest absolute Gasteiger partial charge is 0.261 e. The van der Waals surface area contributed by atoms with Gasteiger partial charge in [0.25, 0.3) is 15.9 Å². The summed E-state index contributed by atoms with van der Waals surface area (Å²) in [7, 11) is -3.71. The Balaban J connectivity index is 1.71. The first-order valence-electron chi connectivity index (χ1n) is 8.91. The molecule has 0 spiro atoms. The van der Waals surface area contributed by atoms with Gasteiger partial charge in [0.05, 0.1) is 10.9 Å². The molecule has 28 heavy (non-hydrogen) atoms. The number of hydrogen-bond donors (Lipinski definition) is 2. The highest BCUT2D eigenvalue weighted by atomic mass is 32.2. The topological polar surface area (TPSA) is 75.3 Å². The van der Waals surface area contributed by atoms with Crippen molar-refractivity contribution in [3.05, 3.63) is 95.6 Å². The normalized spacial score (nSPS) is 12.2. The first-order valence-corrected chi connectivity index (χ1v) is 10.4. The number of carbonyl (C=O) groups is 1. The van der Waals surface area contributed by atoms with Gasteiger partial charge in [-0.2, -0.15) is 0 Å². The second-order valence-electron chi connectivity index (χ2n) is 6.55. The third-order valence-electron chi connectivity index (χ3n) is 4.46. The molecule has 5 nitrogen and oxygen atoms in total. The molecule has 1 amide bonds. The summed E-state index contributed by atoms with van der Waals surface area (Å²) in [6.45, 7) is 3.92. The Kier molecular flexibility index (Phi) is 5.80. The van der Waals surface area contributed by atoms with Gasteiger partial charge in [-0.25, -0.2) is 8.42 Å². The van der Waals surface area contributed by atoms with Gasteiger partial charge >= 0.3 is 0 Å². The monoisotopic (exact) mass is 394 g/mol. The van der Waals surface area contributed by atoms with Gasteiger partial charge in [-0.15, -0.1) is 0 Å². The summed E-state index contributed by atoms with van der Waals surface area (Å²) in [5.41, 5.74) is 3.03. The minimum Gasteiger partial charge on any atom is -0.346 e. The van der Waals surface area contributed by atoms with Gasteiger partial charge < -0.3 is 5.32 Å². The van der Waals surface area contributed by atoms with Crippen molar-refractivity contribution in [3.8, 4) is 0 Å². The van der Waals surface area contributed by atoms with Crippen LogP contribution in [0.4, 0.5) is 5.69 Å². The molecule has 0 aliphatic rings. The molecule has 144 valence electrons. The Hall–Kier alpha value is -3.12. The number of rotatable bonds is 6. The zero-order chi connectivity index (χ0) is 20.1. The van der Waals surface area contributed by atoms with Crippen molar-refractivity contribution in [2.24, 2.45) is 0 Å². The van der Waals surface area contributed by atoms with Gasteiger partial charge in [0.2, 0.25) is 0 Å². The molecule has 0 fully saturated rings. The standard InChI is InChI=1S/C22H22N2O3S/c1-16-8-6-7-11-21(16)17(2)23-22(25)18-12-14-20(15-13-18)28(26,27)24-19-9-4-3-5-10-19/h3-15,17,24H,1-2H3,(H,23,25). The first kappa shape index (κ1) is 19.6. The molecule has 0 aromatic heterocycles. The quantitative estimate of drug-likeness (QED) is 0.655. The maximum Gasteiger partial charge on any atom is 0.261 e. The molecule has 0 aliphatic carbocycles. The van der Waals surface area contributed by atoms with Crippen molar-refractivity contribution in [2.75, 3.05) is 4.72 Å². The summed E-state index contributed by atoms with van der Waals surface area (Å²) in [5, 5.41) is 2.95. The van der Waals surface area contributed by atoms with Crippen LogP contribution in [0.2, 0.25) is 0 Å². The summed E-state index contributed by atoms with van der Waals surface area (Å²) in [5.74, 6) is -0.254. The van der Waals surface area contributed by atoms with E-state index in [4.69, 9.17) is 0 Å². The lowest BCUT2D eigenvalue weighted by Crippen LogP contribution is -2.27. The maximum atomic E-state index is 12.5. The highest BCUT2D eigenvalue weighted by Crippen LogP contribution is 2.19. The van der Waals surface area contributed by atoms with Crippen LogP contribution in [0.1, 0.15) is 34.5 Å². The zero-order valence-corrected chi connectivity index (χ0v) is 16.5. The molecule has 0 radical (unpaired) electrons. The lowest BCUT2D eigenvalue weighted by Gasteiger charge is -2.16. The van der Waals surface area contributed by atoms with Crippen LogP contribution in [0.15, 0.2) is 83.8 Å². The van der Waals surface area contributed by atoms with E-state index in [1.54, 1.807) is 24.3 Å². The maximum absolute atomic E-state index is 12.5. The predicted octanol–water partition coefficient (Wildman–Crippen LogP) is 4.29. The van der Waals surface area contributed by atoms with Crippen molar-refractivity contribution in [3.63, 3.8) is 0 Å².